The first-order chi connectivity index (χ1) is 4.73. The average molecular weight is 141 g/mol. The molecule has 0 aliphatic heterocycles. The minimum atomic E-state index is -0.0719. The molecule has 1 aliphatic carbocycles. The van der Waals surface area contributed by atoms with Gasteiger partial charge in [-0.1, -0.05) is 12.2 Å². The lowest BCUT2D eigenvalue weighted by Crippen LogP contribution is -2.21. The van der Waals surface area contributed by atoms with Crippen molar-refractivity contribution in [2.75, 3.05) is 6.61 Å². The van der Waals surface area contributed by atoms with Crippen LogP contribution in [-0.4, -0.2) is 17.3 Å². The third-order valence-corrected chi connectivity index (χ3v) is 2.15. The van der Waals surface area contributed by atoms with Gasteiger partial charge >= 0.3 is 0 Å². The Bertz CT molecular complexity index is 144. The normalized spacial score (nSPS) is 38.9. The van der Waals surface area contributed by atoms with Crippen LogP contribution in [0.5, 0.6) is 0 Å². The highest BCUT2D eigenvalue weighted by molar-refractivity contribution is 5.19. The predicted molar refractivity (Wildman–Crippen MR) is 41.5 cm³/mol. The predicted octanol–water partition coefficient (Wildman–Crippen LogP) is 0.662. The third-order valence-electron chi connectivity index (χ3n) is 2.15. The van der Waals surface area contributed by atoms with E-state index in [0.717, 1.165) is 12.8 Å². The van der Waals surface area contributed by atoms with E-state index >= 15 is 0 Å². The fourth-order valence-electron chi connectivity index (χ4n) is 1.41. The summed E-state index contributed by atoms with van der Waals surface area (Å²) in [5.74, 6) is 0.522. The summed E-state index contributed by atoms with van der Waals surface area (Å²) in [6, 6.07) is 0. The third kappa shape index (κ3) is 1.39. The van der Waals surface area contributed by atoms with Crippen molar-refractivity contribution >= 4 is 0 Å². The van der Waals surface area contributed by atoms with Gasteiger partial charge in [-0.2, -0.15) is 0 Å². The van der Waals surface area contributed by atoms with E-state index in [2.05, 4.69) is 0 Å². The van der Waals surface area contributed by atoms with E-state index < -0.39 is 0 Å². The molecule has 1 rings (SSSR count). The molecule has 1 aliphatic rings. The van der Waals surface area contributed by atoms with Gasteiger partial charge in [0.25, 0.3) is 0 Å². The van der Waals surface area contributed by atoms with Crippen molar-refractivity contribution < 1.29 is 5.11 Å². The fourth-order valence-corrected chi connectivity index (χ4v) is 1.41. The van der Waals surface area contributed by atoms with E-state index in [1.807, 2.05) is 19.1 Å². The van der Waals surface area contributed by atoms with Crippen LogP contribution in [0.3, 0.4) is 0 Å². The zero-order valence-electron chi connectivity index (χ0n) is 6.38. The van der Waals surface area contributed by atoms with Crippen LogP contribution < -0.4 is 5.73 Å². The standard InChI is InChI=1S/C8H15NO/c1-2-4-8(9)6-7(8)3-5-10/h2,4,7,10H,3,5-6,9H2,1H3/b4-2+/t7-,8+/m1/s1. The summed E-state index contributed by atoms with van der Waals surface area (Å²) in [5.41, 5.74) is 5.82. The van der Waals surface area contributed by atoms with E-state index in [-0.39, 0.29) is 12.1 Å². The van der Waals surface area contributed by atoms with E-state index in [1.165, 1.54) is 0 Å². The van der Waals surface area contributed by atoms with Gasteiger partial charge < -0.3 is 10.8 Å². The van der Waals surface area contributed by atoms with Crippen molar-refractivity contribution in [3.63, 3.8) is 0 Å². The Morgan fingerprint density at radius 2 is 2.50 bits per heavy atom. The van der Waals surface area contributed by atoms with Gasteiger partial charge in [0.1, 0.15) is 0 Å². The molecule has 0 aromatic carbocycles. The molecule has 0 saturated heterocycles. The molecule has 2 heteroatoms. The van der Waals surface area contributed by atoms with Crippen molar-refractivity contribution in [1.82, 2.24) is 0 Å². The first kappa shape index (κ1) is 7.76. The number of allylic oxidation sites excluding steroid dienone is 1. The maximum atomic E-state index is 8.60. The van der Waals surface area contributed by atoms with E-state index in [0.29, 0.717) is 5.92 Å². The van der Waals surface area contributed by atoms with Crippen molar-refractivity contribution in [1.29, 1.82) is 0 Å². The van der Waals surface area contributed by atoms with Gasteiger partial charge in [0, 0.05) is 12.1 Å². The summed E-state index contributed by atoms with van der Waals surface area (Å²) < 4.78 is 0. The SMILES string of the molecule is C/C=C/[C@]1(N)C[C@H]1CCO. The maximum absolute atomic E-state index is 8.60. The van der Waals surface area contributed by atoms with E-state index in [4.69, 9.17) is 10.8 Å². The quantitative estimate of drug-likeness (QED) is 0.567. The molecule has 10 heavy (non-hydrogen) atoms. The molecular weight excluding hydrogens is 126 g/mol. The zero-order valence-corrected chi connectivity index (χ0v) is 6.38. The number of rotatable bonds is 3. The number of hydrogen-bond donors (Lipinski definition) is 2. The molecule has 2 atom stereocenters. The van der Waals surface area contributed by atoms with Crippen molar-refractivity contribution in [2.45, 2.75) is 25.3 Å². The van der Waals surface area contributed by atoms with Gasteiger partial charge in [-0.25, -0.2) is 0 Å². The fraction of sp³-hybridized carbons (Fsp3) is 0.750. The van der Waals surface area contributed by atoms with Crippen LogP contribution in [0.25, 0.3) is 0 Å². The lowest BCUT2D eigenvalue weighted by atomic mass is 10.1. The number of aliphatic hydroxyl groups excluding tert-OH is 1. The molecule has 2 nitrogen and oxygen atoms in total. The highest BCUT2D eigenvalue weighted by Crippen LogP contribution is 2.44. The summed E-state index contributed by atoms with van der Waals surface area (Å²) in [6.07, 6.45) is 5.91. The highest BCUT2D eigenvalue weighted by atomic mass is 16.3. The molecule has 0 radical (unpaired) electrons. The Balaban J connectivity index is 2.33. The average Bonchev–Trinajstić information content (AvgIpc) is 2.44. The molecule has 58 valence electrons. The first-order valence-corrected chi connectivity index (χ1v) is 3.76. The van der Waals surface area contributed by atoms with Crippen LogP contribution in [-0.2, 0) is 0 Å². The Labute approximate surface area is 61.7 Å². The summed E-state index contributed by atoms with van der Waals surface area (Å²) in [4.78, 5) is 0. The van der Waals surface area contributed by atoms with Gasteiger partial charge in [0.15, 0.2) is 0 Å². The van der Waals surface area contributed by atoms with Crippen molar-refractivity contribution in [3.8, 4) is 0 Å². The molecule has 1 fully saturated rings. The summed E-state index contributed by atoms with van der Waals surface area (Å²) in [6.45, 7) is 2.24. The first-order valence-electron chi connectivity index (χ1n) is 3.76. The maximum Gasteiger partial charge on any atom is 0.0434 e. The lowest BCUT2D eigenvalue weighted by Gasteiger charge is -2.02. The Morgan fingerprint density at radius 1 is 1.80 bits per heavy atom. The summed E-state index contributed by atoms with van der Waals surface area (Å²) >= 11 is 0. The summed E-state index contributed by atoms with van der Waals surface area (Å²) in [7, 11) is 0. The molecule has 1 saturated carbocycles. The number of nitrogens with two attached hydrogens (primary N) is 1. The molecule has 0 aromatic heterocycles. The monoisotopic (exact) mass is 141 g/mol. The number of aliphatic hydroxyl groups is 1. The van der Waals surface area contributed by atoms with Gasteiger partial charge in [0.05, 0.1) is 0 Å². The van der Waals surface area contributed by atoms with Crippen LogP contribution in [0.2, 0.25) is 0 Å². The molecule has 3 N–H and O–H groups in total. The largest absolute Gasteiger partial charge is 0.396 e. The van der Waals surface area contributed by atoms with Crippen LogP contribution in [0.15, 0.2) is 12.2 Å². The topological polar surface area (TPSA) is 46.2 Å². The van der Waals surface area contributed by atoms with Gasteiger partial charge in [-0.3, -0.25) is 0 Å². The second-order valence-corrected chi connectivity index (χ2v) is 3.03. The van der Waals surface area contributed by atoms with Gasteiger partial charge in [-0.15, -0.1) is 0 Å². The Morgan fingerprint density at radius 3 is 3.00 bits per heavy atom. The van der Waals surface area contributed by atoms with Crippen LogP contribution in [0.1, 0.15) is 19.8 Å². The van der Waals surface area contributed by atoms with Crippen LogP contribution in [0, 0.1) is 5.92 Å². The van der Waals surface area contributed by atoms with Crippen LogP contribution in [0.4, 0.5) is 0 Å². The molecule has 0 amide bonds. The minimum absolute atomic E-state index is 0.0719. The molecular formula is C8H15NO. The van der Waals surface area contributed by atoms with Crippen molar-refractivity contribution in [3.05, 3.63) is 12.2 Å². The Kier molecular flexibility index (Phi) is 2.11. The zero-order chi connectivity index (χ0) is 7.61. The van der Waals surface area contributed by atoms with E-state index in [1.54, 1.807) is 0 Å². The van der Waals surface area contributed by atoms with Gasteiger partial charge in [0.2, 0.25) is 0 Å². The number of hydrogen-bond acceptors (Lipinski definition) is 2. The van der Waals surface area contributed by atoms with E-state index in [9.17, 15) is 0 Å². The second-order valence-electron chi connectivity index (χ2n) is 3.03. The molecule has 0 unspecified atom stereocenters. The minimum Gasteiger partial charge on any atom is -0.396 e. The molecule has 0 heterocycles. The smallest absolute Gasteiger partial charge is 0.0434 e. The van der Waals surface area contributed by atoms with Crippen molar-refractivity contribution in [2.24, 2.45) is 11.7 Å². The molecule has 0 spiro atoms. The lowest BCUT2D eigenvalue weighted by molar-refractivity contribution is 0.277. The van der Waals surface area contributed by atoms with Crippen LogP contribution >= 0.6 is 0 Å². The molecule has 0 bridgehead atoms. The molecule has 0 aromatic rings. The second kappa shape index (κ2) is 2.72. The summed E-state index contributed by atoms with van der Waals surface area (Å²) in [5, 5.41) is 8.60. The Hall–Kier alpha value is -0.340. The highest BCUT2D eigenvalue weighted by Gasteiger charge is 2.47. The van der Waals surface area contributed by atoms with Gasteiger partial charge in [-0.05, 0) is 25.7 Å².